The van der Waals surface area contributed by atoms with Crippen LogP contribution in [0.1, 0.15) is 40.4 Å². The summed E-state index contributed by atoms with van der Waals surface area (Å²) >= 11 is 1.33. The molecular weight excluding hydrogens is 244 g/mol. The minimum atomic E-state index is -0.850. The molecule has 1 fully saturated rings. The third-order valence-electron chi connectivity index (χ3n) is 3.59. The molecule has 0 spiro atoms. The normalized spacial score (nSPS) is 15.3. The zero-order chi connectivity index (χ0) is 12.5. The van der Waals surface area contributed by atoms with Gasteiger partial charge in [-0.2, -0.15) is 0 Å². The topological polar surface area (TPSA) is 37.3 Å². The van der Waals surface area contributed by atoms with Crippen LogP contribution in [0, 0.1) is 0 Å². The summed E-state index contributed by atoms with van der Waals surface area (Å²) in [5.74, 6) is -0.102. The predicted molar refractivity (Wildman–Crippen MR) is 73.3 cm³/mol. The van der Waals surface area contributed by atoms with E-state index >= 15 is 0 Å². The Kier molecular flexibility index (Phi) is 2.92. The molecule has 1 saturated carbocycles. The maximum atomic E-state index is 10.8. The van der Waals surface area contributed by atoms with E-state index in [0.717, 1.165) is 16.4 Å². The predicted octanol–water partition coefficient (Wildman–Crippen LogP) is 4.38. The maximum absolute atomic E-state index is 10.8. The van der Waals surface area contributed by atoms with Gasteiger partial charge in [0.1, 0.15) is 4.88 Å². The number of carbonyl (C=O) groups is 1. The third kappa shape index (κ3) is 2.06. The van der Waals surface area contributed by atoms with Gasteiger partial charge in [0.15, 0.2) is 0 Å². The van der Waals surface area contributed by atoms with Gasteiger partial charge in [0.2, 0.25) is 0 Å². The van der Waals surface area contributed by atoms with E-state index in [1.807, 2.05) is 6.07 Å². The van der Waals surface area contributed by atoms with Gasteiger partial charge in [-0.05, 0) is 42.0 Å². The highest BCUT2D eigenvalue weighted by Gasteiger charge is 2.19. The molecule has 0 amide bonds. The minimum Gasteiger partial charge on any atom is -0.477 e. The van der Waals surface area contributed by atoms with E-state index in [1.165, 1.54) is 36.2 Å². The van der Waals surface area contributed by atoms with Crippen LogP contribution >= 0.6 is 11.3 Å². The van der Waals surface area contributed by atoms with Crippen molar-refractivity contribution >= 4 is 17.3 Å². The van der Waals surface area contributed by atoms with E-state index in [4.69, 9.17) is 5.11 Å². The van der Waals surface area contributed by atoms with Gasteiger partial charge in [-0.1, -0.05) is 30.7 Å². The molecule has 0 saturated heterocycles. The van der Waals surface area contributed by atoms with Crippen molar-refractivity contribution < 1.29 is 9.90 Å². The molecule has 92 valence electrons. The number of aromatic carboxylic acids is 1. The van der Waals surface area contributed by atoms with Gasteiger partial charge in [0.05, 0.1) is 0 Å². The van der Waals surface area contributed by atoms with Gasteiger partial charge < -0.3 is 5.11 Å². The average molecular weight is 258 g/mol. The van der Waals surface area contributed by atoms with Crippen LogP contribution in [0.15, 0.2) is 36.4 Å². The summed E-state index contributed by atoms with van der Waals surface area (Å²) in [4.78, 5) is 12.3. The second-order valence-corrected chi connectivity index (χ2v) is 5.80. The number of hydrogen-bond acceptors (Lipinski definition) is 2. The number of rotatable bonds is 3. The quantitative estimate of drug-likeness (QED) is 0.887. The van der Waals surface area contributed by atoms with Gasteiger partial charge in [0.25, 0.3) is 0 Å². The number of benzene rings is 1. The number of thiophene rings is 1. The molecule has 3 rings (SSSR count). The van der Waals surface area contributed by atoms with Crippen LogP contribution in [0.5, 0.6) is 0 Å². The first-order valence-corrected chi connectivity index (χ1v) is 6.99. The largest absolute Gasteiger partial charge is 0.477 e. The van der Waals surface area contributed by atoms with E-state index in [1.54, 1.807) is 6.07 Å². The van der Waals surface area contributed by atoms with Gasteiger partial charge in [-0.15, -0.1) is 11.3 Å². The molecule has 18 heavy (non-hydrogen) atoms. The summed E-state index contributed by atoms with van der Waals surface area (Å²) in [7, 11) is 0. The Morgan fingerprint density at radius 2 is 1.83 bits per heavy atom. The molecular formula is C15H14O2S. The lowest BCUT2D eigenvalue weighted by Crippen LogP contribution is -2.08. The third-order valence-corrected chi connectivity index (χ3v) is 4.71. The molecule has 0 atom stereocenters. The molecule has 0 bridgehead atoms. The highest BCUT2D eigenvalue weighted by molar-refractivity contribution is 7.17. The fraction of sp³-hybridized carbons (Fsp3) is 0.267. The van der Waals surface area contributed by atoms with Crippen LogP contribution in [0.3, 0.4) is 0 Å². The Morgan fingerprint density at radius 3 is 2.33 bits per heavy atom. The Hall–Kier alpha value is -1.61. The van der Waals surface area contributed by atoms with E-state index in [0.29, 0.717) is 4.88 Å². The van der Waals surface area contributed by atoms with Crippen LogP contribution in [-0.4, -0.2) is 11.1 Å². The number of carboxylic acids is 1. The van der Waals surface area contributed by atoms with E-state index in [9.17, 15) is 4.79 Å². The van der Waals surface area contributed by atoms with E-state index in [2.05, 4.69) is 24.3 Å². The smallest absolute Gasteiger partial charge is 0.345 e. The monoisotopic (exact) mass is 258 g/mol. The van der Waals surface area contributed by atoms with Crippen molar-refractivity contribution in [2.45, 2.75) is 25.2 Å². The summed E-state index contributed by atoms with van der Waals surface area (Å²) < 4.78 is 0. The lowest BCUT2D eigenvalue weighted by Gasteiger charge is -2.25. The molecule has 1 N–H and O–H groups in total. The molecule has 2 nitrogen and oxygen atoms in total. The van der Waals surface area contributed by atoms with Gasteiger partial charge in [-0.25, -0.2) is 4.79 Å². The van der Waals surface area contributed by atoms with Gasteiger partial charge in [0, 0.05) is 4.88 Å². The Labute approximate surface area is 110 Å². The fourth-order valence-electron chi connectivity index (χ4n) is 2.27. The van der Waals surface area contributed by atoms with Crippen molar-refractivity contribution in [2.24, 2.45) is 0 Å². The Bertz CT molecular complexity index is 564. The molecule has 0 radical (unpaired) electrons. The summed E-state index contributed by atoms with van der Waals surface area (Å²) in [6.45, 7) is 0. The second kappa shape index (κ2) is 4.58. The van der Waals surface area contributed by atoms with Crippen molar-refractivity contribution in [3.63, 3.8) is 0 Å². The van der Waals surface area contributed by atoms with Crippen molar-refractivity contribution in [1.82, 2.24) is 0 Å². The standard InChI is InChI=1S/C15H14O2S/c16-15(17)14-9-8-13(18-14)12-6-4-11(5-7-12)10-2-1-3-10/h4-10H,1-3H2,(H,16,17). The van der Waals surface area contributed by atoms with Crippen molar-refractivity contribution in [1.29, 1.82) is 0 Å². The Balaban J connectivity index is 1.84. The molecule has 1 heterocycles. The van der Waals surface area contributed by atoms with Crippen LogP contribution in [0.25, 0.3) is 10.4 Å². The number of hydrogen-bond donors (Lipinski definition) is 1. The van der Waals surface area contributed by atoms with Crippen LogP contribution in [0.4, 0.5) is 0 Å². The van der Waals surface area contributed by atoms with Crippen molar-refractivity contribution in [2.75, 3.05) is 0 Å². The summed E-state index contributed by atoms with van der Waals surface area (Å²) in [5, 5.41) is 8.91. The molecule has 3 heteroatoms. The van der Waals surface area contributed by atoms with Crippen LogP contribution in [-0.2, 0) is 0 Å². The lowest BCUT2D eigenvalue weighted by atomic mass is 9.80. The molecule has 1 aromatic carbocycles. The van der Waals surface area contributed by atoms with Gasteiger partial charge >= 0.3 is 5.97 Å². The molecule has 1 aromatic heterocycles. The zero-order valence-electron chi connectivity index (χ0n) is 9.93. The van der Waals surface area contributed by atoms with Crippen LogP contribution < -0.4 is 0 Å². The molecule has 1 aliphatic rings. The number of carboxylic acid groups (broad SMARTS) is 1. The van der Waals surface area contributed by atoms with E-state index < -0.39 is 5.97 Å². The van der Waals surface area contributed by atoms with Crippen molar-refractivity contribution in [3.05, 3.63) is 46.8 Å². The summed E-state index contributed by atoms with van der Waals surface area (Å²) in [5.41, 5.74) is 2.52. The average Bonchev–Trinajstić information content (AvgIpc) is 2.77. The highest BCUT2D eigenvalue weighted by Crippen LogP contribution is 2.37. The second-order valence-electron chi connectivity index (χ2n) is 4.72. The summed E-state index contributed by atoms with van der Waals surface area (Å²) in [6, 6.07) is 12.1. The first-order chi connectivity index (χ1) is 8.74. The molecule has 0 aliphatic heterocycles. The van der Waals surface area contributed by atoms with Gasteiger partial charge in [-0.3, -0.25) is 0 Å². The highest BCUT2D eigenvalue weighted by atomic mass is 32.1. The fourth-order valence-corrected chi connectivity index (χ4v) is 3.12. The maximum Gasteiger partial charge on any atom is 0.345 e. The molecule has 2 aromatic rings. The van der Waals surface area contributed by atoms with Crippen molar-refractivity contribution in [3.8, 4) is 10.4 Å². The lowest BCUT2D eigenvalue weighted by molar-refractivity contribution is 0.0702. The first kappa shape index (κ1) is 11.5. The first-order valence-electron chi connectivity index (χ1n) is 6.17. The summed E-state index contributed by atoms with van der Waals surface area (Å²) in [6.07, 6.45) is 3.96. The Morgan fingerprint density at radius 1 is 1.11 bits per heavy atom. The molecule has 1 aliphatic carbocycles. The van der Waals surface area contributed by atoms with Crippen LogP contribution in [0.2, 0.25) is 0 Å². The SMILES string of the molecule is O=C(O)c1ccc(-c2ccc(C3CCC3)cc2)s1. The minimum absolute atomic E-state index is 0.396. The molecule has 0 unspecified atom stereocenters. The zero-order valence-corrected chi connectivity index (χ0v) is 10.7. The van der Waals surface area contributed by atoms with E-state index in [-0.39, 0.29) is 0 Å².